The number of aromatic nitrogens is 1. The van der Waals surface area contributed by atoms with Crippen LogP contribution in [0.5, 0.6) is 11.5 Å². The maximum Gasteiger partial charge on any atom is 0.189 e. The van der Waals surface area contributed by atoms with Crippen LogP contribution in [0.2, 0.25) is 0 Å². The number of hydrogen-bond donors (Lipinski definition) is 2. The van der Waals surface area contributed by atoms with Crippen molar-refractivity contribution < 1.29 is 19.4 Å². The Hall–Kier alpha value is -3.87. The zero-order valence-corrected chi connectivity index (χ0v) is 20.4. The van der Waals surface area contributed by atoms with Gasteiger partial charge in [-0.05, 0) is 59.3 Å². The molecular formula is C30H25NO4S. The monoisotopic (exact) mass is 495 g/mol. The van der Waals surface area contributed by atoms with Crippen molar-refractivity contribution in [3.8, 4) is 21.9 Å². The van der Waals surface area contributed by atoms with E-state index in [4.69, 9.17) is 9.47 Å². The van der Waals surface area contributed by atoms with Gasteiger partial charge in [-0.3, -0.25) is 4.79 Å². The van der Waals surface area contributed by atoms with Crippen molar-refractivity contribution in [3.05, 3.63) is 96.2 Å². The fourth-order valence-electron chi connectivity index (χ4n) is 4.69. The van der Waals surface area contributed by atoms with Gasteiger partial charge in [-0.15, -0.1) is 11.3 Å². The maximum atomic E-state index is 13.4. The minimum Gasteiger partial charge on any atom is -0.486 e. The number of rotatable bonds is 7. The van der Waals surface area contributed by atoms with Crippen molar-refractivity contribution in [2.45, 2.75) is 6.42 Å². The van der Waals surface area contributed by atoms with Gasteiger partial charge in [-0.2, -0.15) is 0 Å². The number of benzene rings is 3. The highest BCUT2D eigenvalue weighted by Gasteiger charge is 2.22. The summed E-state index contributed by atoms with van der Waals surface area (Å²) in [6.45, 7) is 0.797. The van der Waals surface area contributed by atoms with Crippen LogP contribution in [-0.4, -0.2) is 35.7 Å². The lowest BCUT2D eigenvalue weighted by Crippen LogP contribution is -2.18. The van der Waals surface area contributed by atoms with Crippen LogP contribution < -0.4 is 9.47 Å². The molecule has 0 aliphatic carbocycles. The van der Waals surface area contributed by atoms with Gasteiger partial charge in [0.2, 0.25) is 0 Å². The Morgan fingerprint density at radius 3 is 2.78 bits per heavy atom. The van der Waals surface area contributed by atoms with E-state index in [1.165, 1.54) is 10.1 Å². The van der Waals surface area contributed by atoms with E-state index in [0.29, 0.717) is 36.7 Å². The van der Waals surface area contributed by atoms with Crippen LogP contribution in [0.15, 0.2) is 85.1 Å². The molecule has 36 heavy (non-hydrogen) atoms. The van der Waals surface area contributed by atoms with Crippen LogP contribution in [-0.2, 0) is 6.42 Å². The average molecular weight is 496 g/mol. The molecule has 6 rings (SSSR count). The SMILES string of the molecule is O=C(/C=C\[C@@H](CO)Cc1c[nH]c2ccccc12)c1cc(-c2cc3ccccc3s2)cc2c1OCCO2. The second-order valence-corrected chi connectivity index (χ2v) is 10.0. The average Bonchev–Trinajstić information content (AvgIpc) is 3.54. The van der Waals surface area contributed by atoms with E-state index in [1.54, 1.807) is 23.5 Å². The first-order valence-electron chi connectivity index (χ1n) is 12.0. The second-order valence-electron chi connectivity index (χ2n) is 8.93. The lowest BCUT2D eigenvalue weighted by molar-refractivity contribution is 0.103. The second kappa shape index (κ2) is 9.64. The predicted octanol–water partition coefficient (Wildman–Crippen LogP) is 6.41. The van der Waals surface area contributed by atoms with E-state index >= 15 is 0 Å². The summed E-state index contributed by atoms with van der Waals surface area (Å²) in [6.07, 6.45) is 5.95. The van der Waals surface area contributed by atoms with Crippen LogP contribution in [0.1, 0.15) is 15.9 Å². The predicted molar refractivity (Wildman–Crippen MR) is 144 cm³/mol. The molecule has 3 heterocycles. The summed E-state index contributed by atoms with van der Waals surface area (Å²) in [5.41, 5.74) is 3.57. The normalized spacial score (nSPS) is 14.0. The third kappa shape index (κ3) is 4.30. The Labute approximate surface area is 212 Å². The Balaban J connectivity index is 1.30. The summed E-state index contributed by atoms with van der Waals surface area (Å²) in [7, 11) is 0. The number of aromatic amines is 1. The summed E-state index contributed by atoms with van der Waals surface area (Å²) in [6, 6.07) is 22.3. The zero-order valence-electron chi connectivity index (χ0n) is 19.6. The zero-order chi connectivity index (χ0) is 24.5. The maximum absolute atomic E-state index is 13.4. The molecule has 0 bridgehead atoms. The summed E-state index contributed by atoms with van der Waals surface area (Å²) in [5, 5.41) is 12.3. The number of ketones is 1. The quantitative estimate of drug-likeness (QED) is 0.202. The minimum atomic E-state index is -0.188. The van der Waals surface area contributed by atoms with E-state index < -0.39 is 0 Å². The van der Waals surface area contributed by atoms with Gasteiger partial charge in [0.15, 0.2) is 17.3 Å². The lowest BCUT2D eigenvalue weighted by Gasteiger charge is -2.21. The number of aliphatic hydroxyl groups is 1. The fourth-order valence-corrected chi connectivity index (χ4v) is 5.74. The molecule has 0 unspecified atom stereocenters. The van der Waals surface area contributed by atoms with Crippen LogP contribution in [0.25, 0.3) is 31.4 Å². The Kier molecular flexibility index (Phi) is 6.05. The molecule has 1 atom stereocenters. The molecule has 2 aromatic heterocycles. The summed E-state index contributed by atoms with van der Waals surface area (Å²) in [5.74, 6) is 0.715. The molecule has 5 nitrogen and oxygen atoms in total. The van der Waals surface area contributed by atoms with Gasteiger partial charge in [-0.1, -0.05) is 42.5 Å². The first-order chi connectivity index (χ1) is 17.7. The number of ether oxygens (including phenoxy) is 2. The third-order valence-electron chi connectivity index (χ3n) is 6.53. The number of nitrogens with one attached hydrogen (secondary N) is 1. The number of para-hydroxylation sites is 1. The van der Waals surface area contributed by atoms with Crippen LogP contribution in [0.3, 0.4) is 0 Å². The van der Waals surface area contributed by atoms with Crippen LogP contribution in [0, 0.1) is 5.92 Å². The number of allylic oxidation sites excluding steroid dienone is 1. The standard InChI is InChI=1S/C30H25NO4S/c32-18-19(13-22-17-31-25-7-3-2-6-23(22)25)9-10-26(33)24-14-21(15-27-30(24)35-12-11-34-27)29-16-20-5-1-4-8-28(20)36-29/h1-10,14-17,19,31-32H,11-13,18H2/b10-9-/t19-/m1/s1. The highest BCUT2D eigenvalue weighted by Crippen LogP contribution is 2.42. The Morgan fingerprint density at radius 1 is 1.06 bits per heavy atom. The molecule has 0 fully saturated rings. The van der Waals surface area contributed by atoms with Crippen LogP contribution in [0.4, 0.5) is 0 Å². The largest absolute Gasteiger partial charge is 0.486 e. The minimum absolute atomic E-state index is 0.0527. The third-order valence-corrected chi connectivity index (χ3v) is 7.69. The number of carbonyl (C=O) groups is 1. The smallest absolute Gasteiger partial charge is 0.189 e. The van der Waals surface area contributed by atoms with Gasteiger partial charge in [0.05, 0.1) is 5.56 Å². The number of carbonyl (C=O) groups excluding carboxylic acids is 1. The van der Waals surface area contributed by atoms with E-state index in [1.807, 2.05) is 48.7 Å². The fraction of sp³-hybridized carbons (Fsp3) is 0.167. The van der Waals surface area contributed by atoms with E-state index in [9.17, 15) is 9.90 Å². The Morgan fingerprint density at radius 2 is 1.89 bits per heavy atom. The molecule has 0 saturated carbocycles. The summed E-state index contributed by atoms with van der Waals surface area (Å²) < 4.78 is 12.9. The van der Waals surface area contributed by atoms with Gasteiger partial charge in [0.25, 0.3) is 0 Å². The van der Waals surface area contributed by atoms with Gasteiger partial charge in [0.1, 0.15) is 13.2 Å². The summed E-state index contributed by atoms with van der Waals surface area (Å²) in [4.78, 5) is 17.7. The molecule has 2 N–H and O–H groups in total. The molecule has 0 spiro atoms. The van der Waals surface area contributed by atoms with Gasteiger partial charge >= 0.3 is 0 Å². The van der Waals surface area contributed by atoms with Crippen molar-refractivity contribution in [3.63, 3.8) is 0 Å². The Bertz CT molecular complexity index is 1560. The molecule has 1 aliphatic rings. The first-order valence-corrected chi connectivity index (χ1v) is 12.8. The highest BCUT2D eigenvalue weighted by molar-refractivity contribution is 7.22. The molecule has 180 valence electrons. The number of aliphatic hydroxyl groups excluding tert-OH is 1. The molecule has 5 aromatic rings. The molecule has 6 heteroatoms. The molecule has 1 aliphatic heterocycles. The topological polar surface area (TPSA) is 71.5 Å². The van der Waals surface area contributed by atoms with E-state index in [0.717, 1.165) is 26.9 Å². The number of fused-ring (bicyclic) bond motifs is 3. The van der Waals surface area contributed by atoms with Gasteiger partial charge in [-0.25, -0.2) is 0 Å². The van der Waals surface area contributed by atoms with Crippen molar-refractivity contribution in [1.82, 2.24) is 4.98 Å². The molecule has 0 radical (unpaired) electrons. The molecule has 0 amide bonds. The molecule has 3 aromatic carbocycles. The van der Waals surface area contributed by atoms with E-state index in [2.05, 4.69) is 29.2 Å². The first kappa shape index (κ1) is 22.6. The van der Waals surface area contributed by atoms with Gasteiger partial charge in [0, 0.05) is 39.2 Å². The lowest BCUT2D eigenvalue weighted by atomic mass is 9.97. The van der Waals surface area contributed by atoms with Crippen molar-refractivity contribution in [2.24, 2.45) is 5.92 Å². The molecule has 0 saturated heterocycles. The van der Waals surface area contributed by atoms with E-state index in [-0.39, 0.29) is 18.3 Å². The van der Waals surface area contributed by atoms with Crippen LogP contribution >= 0.6 is 11.3 Å². The number of hydrogen-bond acceptors (Lipinski definition) is 5. The van der Waals surface area contributed by atoms with Crippen molar-refractivity contribution >= 4 is 38.1 Å². The van der Waals surface area contributed by atoms with Gasteiger partial charge < -0.3 is 19.6 Å². The van der Waals surface area contributed by atoms with Crippen molar-refractivity contribution in [1.29, 1.82) is 0 Å². The number of H-pyrrole nitrogens is 1. The number of thiophene rings is 1. The molecular weight excluding hydrogens is 470 g/mol. The highest BCUT2D eigenvalue weighted by atomic mass is 32.1. The summed E-state index contributed by atoms with van der Waals surface area (Å²) >= 11 is 1.68. The van der Waals surface area contributed by atoms with Crippen molar-refractivity contribution in [2.75, 3.05) is 19.8 Å².